The molecule has 0 spiro atoms. The van der Waals surface area contributed by atoms with Gasteiger partial charge in [-0.2, -0.15) is 5.26 Å². The van der Waals surface area contributed by atoms with E-state index in [4.69, 9.17) is 10.00 Å². The molecule has 0 fully saturated rings. The predicted molar refractivity (Wildman–Crippen MR) is 69.6 cm³/mol. The first kappa shape index (κ1) is 17.5. The van der Waals surface area contributed by atoms with Gasteiger partial charge in [0.1, 0.15) is 12.3 Å². The highest BCUT2D eigenvalue weighted by Gasteiger charge is 2.20. The number of hydrogen-bond donors (Lipinski definition) is 2. The van der Waals surface area contributed by atoms with Gasteiger partial charge in [0.05, 0.1) is 19.3 Å². The quantitative estimate of drug-likeness (QED) is 0.362. The van der Waals surface area contributed by atoms with Crippen molar-refractivity contribution < 1.29 is 27.8 Å². The Morgan fingerprint density at radius 1 is 1.45 bits per heavy atom. The third kappa shape index (κ3) is 4.23. The summed E-state index contributed by atoms with van der Waals surface area (Å²) >= 11 is 0. The van der Waals surface area contributed by atoms with E-state index in [1.54, 1.807) is 13.0 Å². The number of hydrogen-bond acceptors (Lipinski definition) is 4. The van der Waals surface area contributed by atoms with Gasteiger partial charge in [0, 0.05) is 0 Å². The summed E-state index contributed by atoms with van der Waals surface area (Å²) in [6.07, 6.45) is 0.926. The zero-order valence-electron chi connectivity index (χ0n) is 11.6. The van der Waals surface area contributed by atoms with Gasteiger partial charge in [-0.3, -0.25) is 4.79 Å². The molecule has 1 atom stereocenters. The lowest BCUT2D eigenvalue weighted by Gasteiger charge is -2.17. The summed E-state index contributed by atoms with van der Waals surface area (Å²) in [6.45, 7) is 1.17. The molecule has 0 heterocycles. The van der Waals surface area contributed by atoms with Crippen LogP contribution >= 0.6 is 0 Å². The number of ether oxygens (including phenoxy) is 1. The summed E-state index contributed by atoms with van der Waals surface area (Å²) in [7, 11) is 0. The van der Waals surface area contributed by atoms with Crippen LogP contribution in [0, 0.1) is 28.8 Å². The van der Waals surface area contributed by atoms with Crippen molar-refractivity contribution in [3.63, 3.8) is 0 Å². The molecular weight excluding hydrogens is 301 g/mol. The first-order chi connectivity index (χ1) is 10.4. The van der Waals surface area contributed by atoms with Crippen molar-refractivity contribution in [3.05, 3.63) is 47.0 Å². The maximum Gasteiger partial charge on any atom is 0.265 e. The molecule has 0 aliphatic rings. The Kier molecular flexibility index (Phi) is 6.41. The topological polar surface area (TPSA) is 82.3 Å². The third-order valence-electron chi connectivity index (χ3n) is 2.63. The molecule has 1 aromatic rings. The Bertz CT molecular complexity index is 603. The normalized spacial score (nSPS) is 12.5. The van der Waals surface area contributed by atoms with Crippen LogP contribution < -0.4 is 5.32 Å². The minimum atomic E-state index is -1.65. The number of rotatable bonds is 6. The number of benzene rings is 1. The number of carbonyl (C=O) groups excluding carboxylic acids is 1. The minimum Gasteiger partial charge on any atom is -0.500 e. The average Bonchev–Trinajstić information content (AvgIpc) is 2.50. The highest BCUT2D eigenvalue weighted by molar-refractivity contribution is 5.97. The van der Waals surface area contributed by atoms with E-state index in [1.807, 2.05) is 0 Å². The Balaban J connectivity index is 2.99. The molecule has 1 amide bonds. The second-order valence-electron chi connectivity index (χ2n) is 4.11. The number of nitriles is 1. The molecule has 0 aromatic heterocycles. The maximum atomic E-state index is 13.2. The lowest BCUT2D eigenvalue weighted by Crippen LogP contribution is -2.32. The summed E-state index contributed by atoms with van der Waals surface area (Å²) in [6, 6.07) is 1.67. The number of aliphatic hydroxyl groups is 1. The third-order valence-corrected chi connectivity index (χ3v) is 2.63. The largest absolute Gasteiger partial charge is 0.500 e. The summed E-state index contributed by atoms with van der Waals surface area (Å²) in [4.78, 5) is 11.8. The first-order valence-electron chi connectivity index (χ1n) is 6.22. The smallest absolute Gasteiger partial charge is 0.265 e. The van der Waals surface area contributed by atoms with Crippen LogP contribution in [0.5, 0.6) is 0 Å². The predicted octanol–water partition coefficient (Wildman–Crippen LogP) is 1.70. The average molecular weight is 314 g/mol. The van der Waals surface area contributed by atoms with Gasteiger partial charge in [0.2, 0.25) is 0 Å². The van der Waals surface area contributed by atoms with Crippen LogP contribution in [0.25, 0.3) is 0 Å². The Labute approximate surface area is 124 Å². The summed E-state index contributed by atoms with van der Waals surface area (Å²) in [5.41, 5.74) is -0.565. The number of nitrogens with zero attached hydrogens (tertiary/aromatic N) is 1. The molecule has 8 heteroatoms. The van der Waals surface area contributed by atoms with E-state index in [-0.39, 0.29) is 17.7 Å². The molecule has 0 radical (unpaired) electrons. The van der Waals surface area contributed by atoms with Crippen LogP contribution in [0.2, 0.25) is 0 Å². The van der Waals surface area contributed by atoms with Gasteiger partial charge in [-0.25, -0.2) is 13.2 Å². The number of carbonyl (C=O) groups is 1. The van der Waals surface area contributed by atoms with E-state index in [1.165, 1.54) is 0 Å². The Morgan fingerprint density at radius 3 is 2.50 bits per heavy atom. The SMILES string of the molecule is CCO/C=C(/C#N)C(=O)NC(CO)c1cc(F)c(F)c(F)c1. The molecule has 0 saturated heterocycles. The molecule has 0 saturated carbocycles. The lowest BCUT2D eigenvalue weighted by molar-refractivity contribution is -0.118. The van der Waals surface area contributed by atoms with Crippen molar-refractivity contribution in [1.82, 2.24) is 5.32 Å². The van der Waals surface area contributed by atoms with Gasteiger partial charge in [-0.1, -0.05) is 0 Å². The molecule has 1 rings (SSSR count). The van der Waals surface area contributed by atoms with Gasteiger partial charge in [-0.05, 0) is 24.6 Å². The molecular formula is C14H13F3N2O3. The van der Waals surface area contributed by atoms with Crippen molar-refractivity contribution in [1.29, 1.82) is 5.26 Å². The van der Waals surface area contributed by atoms with E-state index in [2.05, 4.69) is 5.32 Å². The second-order valence-corrected chi connectivity index (χ2v) is 4.11. The van der Waals surface area contributed by atoms with Crippen molar-refractivity contribution in [2.24, 2.45) is 0 Å². The van der Waals surface area contributed by atoms with E-state index >= 15 is 0 Å². The monoisotopic (exact) mass is 314 g/mol. The zero-order valence-corrected chi connectivity index (χ0v) is 11.6. The molecule has 0 aliphatic heterocycles. The van der Waals surface area contributed by atoms with Crippen LogP contribution in [0.15, 0.2) is 24.0 Å². The molecule has 2 N–H and O–H groups in total. The fourth-order valence-corrected chi connectivity index (χ4v) is 1.54. The molecule has 1 aromatic carbocycles. The van der Waals surface area contributed by atoms with Gasteiger partial charge in [0.15, 0.2) is 23.0 Å². The molecule has 5 nitrogen and oxygen atoms in total. The highest BCUT2D eigenvalue weighted by Crippen LogP contribution is 2.19. The fraction of sp³-hybridized carbons (Fsp3) is 0.286. The van der Waals surface area contributed by atoms with Crippen LogP contribution in [0.1, 0.15) is 18.5 Å². The Morgan fingerprint density at radius 2 is 2.05 bits per heavy atom. The molecule has 118 valence electrons. The van der Waals surface area contributed by atoms with Gasteiger partial charge < -0.3 is 15.2 Å². The maximum absolute atomic E-state index is 13.2. The van der Waals surface area contributed by atoms with E-state index in [0.29, 0.717) is 12.1 Å². The van der Waals surface area contributed by atoms with Crippen LogP contribution in [-0.2, 0) is 9.53 Å². The number of nitrogens with one attached hydrogen (secondary N) is 1. The first-order valence-corrected chi connectivity index (χ1v) is 6.22. The molecule has 22 heavy (non-hydrogen) atoms. The van der Waals surface area contributed by atoms with Gasteiger partial charge >= 0.3 is 0 Å². The van der Waals surface area contributed by atoms with Gasteiger partial charge in [0.25, 0.3) is 5.91 Å². The second kappa shape index (κ2) is 8.05. The number of halogens is 3. The minimum absolute atomic E-state index is 0.180. The zero-order chi connectivity index (χ0) is 16.7. The molecule has 0 aliphatic carbocycles. The molecule has 1 unspecified atom stereocenters. The highest BCUT2D eigenvalue weighted by atomic mass is 19.2. The van der Waals surface area contributed by atoms with Crippen LogP contribution in [0.3, 0.4) is 0 Å². The van der Waals surface area contributed by atoms with E-state index < -0.39 is 36.0 Å². The number of aliphatic hydroxyl groups excluding tert-OH is 1. The number of amides is 1. The van der Waals surface area contributed by atoms with Crippen LogP contribution in [0.4, 0.5) is 13.2 Å². The van der Waals surface area contributed by atoms with Crippen molar-refractivity contribution in [3.8, 4) is 6.07 Å². The van der Waals surface area contributed by atoms with Crippen LogP contribution in [-0.4, -0.2) is 24.2 Å². The van der Waals surface area contributed by atoms with Crippen molar-refractivity contribution in [2.45, 2.75) is 13.0 Å². The summed E-state index contributed by atoms with van der Waals surface area (Å²) in [5, 5.41) is 20.2. The Hall–Kier alpha value is -2.53. The van der Waals surface area contributed by atoms with E-state index in [9.17, 15) is 23.1 Å². The molecule has 0 bridgehead atoms. The van der Waals surface area contributed by atoms with Crippen molar-refractivity contribution in [2.75, 3.05) is 13.2 Å². The summed E-state index contributed by atoms with van der Waals surface area (Å²) in [5.74, 6) is -5.46. The van der Waals surface area contributed by atoms with Gasteiger partial charge in [-0.15, -0.1) is 0 Å². The standard InChI is InChI=1S/C14H13F3N2O3/c1-2-22-7-9(5-18)14(21)19-12(6-20)8-3-10(15)13(17)11(16)4-8/h3-4,7,12,20H,2,6H2,1H3,(H,19,21)/b9-7-. The lowest BCUT2D eigenvalue weighted by atomic mass is 10.1. The van der Waals surface area contributed by atoms with Crippen molar-refractivity contribution >= 4 is 5.91 Å². The fourth-order valence-electron chi connectivity index (χ4n) is 1.54. The summed E-state index contributed by atoms with van der Waals surface area (Å²) < 4.78 is 44.0. The van der Waals surface area contributed by atoms with E-state index in [0.717, 1.165) is 6.26 Å².